The van der Waals surface area contributed by atoms with E-state index in [9.17, 15) is 4.79 Å². The van der Waals surface area contributed by atoms with Crippen molar-refractivity contribution in [3.8, 4) is 0 Å². The van der Waals surface area contributed by atoms with Crippen LogP contribution in [-0.4, -0.2) is 19.5 Å². The molecule has 0 aliphatic heterocycles. The molecule has 3 nitrogen and oxygen atoms in total. The zero-order chi connectivity index (χ0) is 14.4. The molecule has 0 heterocycles. The Morgan fingerprint density at radius 1 is 1.33 bits per heavy atom. The summed E-state index contributed by atoms with van der Waals surface area (Å²) >= 11 is 5.94. The summed E-state index contributed by atoms with van der Waals surface area (Å²) in [5, 5.41) is 7.01. The molecule has 0 spiro atoms. The summed E-state index contributed by atoms with van der Waals surface area (Å²) in [6, 6.07) is 7.99. The molecule has 5 heteroatoms. The van der Waals surface area contributed by atoms with Crippen LogP contribution < -0.4 is 10.6 Å². The highest BCUT2D eigenvalue weighted by atomic mass is 35.5. The summed E-state index contributed by atoms with van der Waals surface area (Å²) in [5.41, 5.74) is 1.17. The summed E-state index contributed by atoms with van der Waals surface area (Å²) < 4.78 is 0. The first-order chi connectivity index (χ1) is 9.70. The molecule has 1 amide bonds. The molecule has 1 fully saturated rings. The topological polar surface area (TPSA) is 41.1 Å². The Balaban J connectivity index is 0.00000220. The zero-order valence-corrected chi connectivity index (χ0v) is 14.0. The first-order valence-corrected chi connectivity index (χ1v) is 7.78. The van der Waals surface area contributed by atoms with Crippen molar-refractivity contribution in [1.82, 2.24) is 10.6 Å². The summed E-state index contributed by atoms with van der Waals surface area (Å²) in [7, 11) is 1.91. The molecule has 1 aromatic carbocycles. The monoisotopic (exact) mass is 330 g/mol. The van der Waals surface area contributed by atoms with Crippen molar-refractivity contribution in [1.29, 1.82) is 0 Å². The first-order valence-electron chi connectivity index (χ1n) is 7.40. The Labute approximate surface area is 138 Å². The second-order valence-corrected chi connectivity index (χ2v) is 5.93. The number of hydrogen-bond donors (Lipinski definition) is 2. The molecule has 118 valence electrons. The third-order valence-corrected chi connectivity index (χ3v) is 4.25. The van der Waals surface area contributed by atoms with E-state index in [4.69, 9.17) is 11.6 Å². The smallest absolute Gasteiger partial charge is 0.220 e. The van der Waals surface area contributed by atoms with Crippen molar-refractivity contribution in [2.45, 2.75) is 38.1 Å². The van der Waals surface area contributed by atoms with Crippen molar-refractivity contribution in [3.05, 3.63) is 34.9 Å². The normalized spacial score (nSPS) is 15.7. The van der Waals surface area contributed by atoms with Crippen LogP contribution in [0.2, 0.25) is 5.02 Å². The van der Waals surface area contributed by atoms with Crippen LogP contribution in [0.3, 0.4) is 0 Å². The lowest BCUT2D eigenvalue weighted by Gasteiger charge is -2.34. The van der Waals surface area contributed by atoms with Gasteiger partial charge in [0, 0.05) is 11.4 Å². The third kappa shape index (κ3) is 5.50. The number of halogens is 2. The van der Waals surface area contributed by atoms with Crippen LogP contribution in [0.1, 0.15) is 43.7 Å². The highest BCUT2D eigenvalue weighted by molar-refractivity contribution is 6.30. The molecular weight excluding hydrogens is 307 g/mol. The zero-order valence-electron chi connectivity index (χ0n) is 12.4. The lowest BCUT2D eigenvalue weighted by Crippen LogP contribution is -2.36. The molecule has 1 unspecified atom stereocenters. The van der Waals surface area contributed by atoms with Crippen molar-refractivity contribution >= 4 is 29.9 Å². The summed E-state index contributed by atoms with van der Waals surface area (Å²) in [5.74, 6) is 0.719. The minimum Gasteiger partial charge on any atom is -0.349 e. The van der Waals surface area contributed by atoms with Crippen LogP contribution in [0.5, 0.6) is 0 Å². The first kappa shape index (κ1) is 18.3. The molecular formula is C16H24Cl2N2O. The summed E-state index contributed by atoms with van der Waals surface area (Å²) in [4.78, 5) is 12.0. The van der Waals surface area contributed by atoms with Gasteiger partial charge in [-0.2, -0.15) is 0 Å². The standard InChI is InChI=1S/C16H23ClN2O.ClH/c1-18-11-3-6-15(20)19-16(12-4-2-5-12)13-7-9-14(17)10-8-13;/h7-10,12,16,18H,2-6,11H2,1H3,(H,19,20);1H. The van der Waals surface area contributed by atoms with E-state index in [1.165, 1.54) is 24.8 Å². The SMILES string of the molecule is CNCCCC(=O)NC(c1ccc(Cl)cc1)C1CCC1.Cl. The van der Waals surface area contributed by atoms with Crippen LogP contribution in [0.15, 0.2) is 24.3 Å². The van der Waals surface area contributed by atoms with E-state index >= 15 is 0 Å². The van der Waals surface area contributed by atoms with Crippen molar-refractivity contribution < 1.29 is 4.79 Å². The molecule has 21 heavy (non-hydrogen) atoms. The van der Waals surface area contributed by atoms with E-state index in [1.54, 1.807) is 0 Å². The Bertz CT molecular complexity index is 432. The van der Waals surface area contributed by atoms with E-state index in [0.29, 0.717) is 12.3 Å². The van der Waals surface area contributed by atoms with E-state index in [1.807, 2.05) is 31.3 Å². The van der Waals surface area contributed by atoms with Gasteiger partial charge in [0.1, 0.15) is 0 Å². The maximum absolute atomic E-state index is 12.0. The Kier molecular flexibility index (Phi) is 8.09. The lowest BCUT2D eigenvalue weighted by molar-refractivity contribution is -0.122. The van der Waals surface area contributed by atoms with Crippen LogP contribution >= 0.6 is 24.0 Å². The van der Waals surface area contributed by atoms with Gasteiger partial charge >= 0.3 is 0 Å². The molecule has 0 aromatic heterocycles. The minimum atomic E-state index is 0. The van der Waals surface area contributed by atoms with E-state index in [-0.39, 0.29) is 24.4 Å². The fourth-order valence-electron chi connectivity index (χ4n) is 2.59. The van der Waals surface area contributed by atoms with Gasteiger partial charge in [-0.05, 0) is 56.5 Å². The largest absolute Gasteiger partial charge is 0.349 e. The van der Waals surface area contributed by atoms with Crippen molar-refractivity contribution in [2.75, 3.05) is 13.6 Å². The molecule has 1 aliphatic carbocycles. The average molecular weight is 331 g/mol. The van der Waals surface area contributed by atoms with Gasteiger partial charge in [-0.3, -0.25) is 4.79 Å². The van der Waals surface area contributed by atoms with Gasteiger partial charge < -0.3 is 10.6 Å². The second kappa shape index (κ2) is 9.29. The number of amides is 1. The molecule has 0 saturated heterocycles. The molecule has 1 atom stereocenters. The summed E-state index contributed by atoms with van der Waals surface area (Å²) in [6.45, 7) is 0.877. The Morgan fingerprint density at radius 3 is 2.52 bits per heavy atom. The van der Waals surface area contributed by atoms with E-state index in [2.05, 4.69) is 10.6 Å². The van der Waals surface area contributed by atoms with Crippen molar-refractivity contribution in [2.24, 2.45) is 5.92 Å². The van der Waals surface area contributed by atoms with E-state index < -0.39 is 0 Å². The highest BCUT2D eigenvalue weighted by Crippen LogP contribution is 2.38. The number of hydrogen-bond acceptors (Lipinski definition) is 2. The molecule has 2 rings (SSSR count). The highest BCUT2D eigenvalue weighted by Gasteiger charge is 2.29. The summed E-state index contributed by atoms with van der Waals surface area (Å²) in [6.07, 6.45) is 5.12. The fourth-order valence-corrected chi connectivity index (χ4v) is 2.71. The van der Waals surface area contributed by atoms with Gasteiger partial charge in [0.05, 0.1) is 6.04 Å². The van der Waals surface area contributed by atoms with Gasteiger partial charge in [0.2, 0.25) is 5.91 Å². The van der Waals surface area contributed by atoms with Crippen LogP contribution in [-0.2, 0) is 4.79 Å². The van der Waals surface area contributed by atoms with Gasteiger partial charge in [-0.15, -0.1) is 12.4 Å². The van der Waals surface area contributed by atoms with Crippen LogP contribution in [0.25, 0.3) is 0 Å². The molecule has 0 bridgehead atoms. The van der Waals surface area contributed by atoms with E-state index in [0.717, 1.165) is 18.0 Å². The van der Waals surface area contributed by atoms with Crippen LogP contribution in [0, 0.1) is 5.92 Å². The van der Waals surface area contributed by atoms with Gasteiger partial charge in [-0.1, -0.05) is 30.2 Å². The number of rotatable bonds is 7. The predicted molar refractivity (Wildman–Crippen MR) is 90.1 cm³/mol. The molecule has 1 aliphatic rings. The minimum absolute atomic E-state index is 0. The quantitative estimate of drug-likeness (QED) is 0.748. The predicted octanol–water partition coefficient (Wildman–Crippen LogP) is 3.72. The van der Waals surface area contributed by atoms with Gasteiger partial charge in [-0.25, -0.2) is 0 Å². The maximum atomic E-state index is 12.0. The molecule has 1 saturated carbocycles. The number of carbonyl (C=O) groups excluding carboxylic acids is 1. The fraction of sp³-hybridized carbons (Fsp3) is 0.562. The molecule has 2 N–H and O–H groups in total. The number of nitrogens with one attached hydrogen (secondary N) is 2. The third-order valence-electron chi connectivity index (χ3n) is 4.00. The molecule has 1 aromatic rings. The molecule has 0 radical (unpaired) electrons. The van der Waals surface area contributed by atoms with Crippen molar-refractivity contribution in [3.63, 3.8) is 0 Å². The number of benzene rings is 1. The van der Waals surface area contributed by atoms with Gasteiger partial charge in [0.15, 0.2) is 0 Å². The van der Waals surface area contributed by atoms with Gasteiger partial charge in [0.25, 0.3) is 0 Å². The second-order valence-electron chi connectivity index (χ2n) is 5.49. The average Bonchev–Trinajstić information content (AvgIpc) is 2.37. The Hall–Kier alpha value is -0.770. The lowest BCUT2D eigenvalue weighted by atomic mass is 9.77. The maximum Gasteiger partial charge on any atom is 0.220 e. The number of carbonyl (C=O) groups is 1. The van der Waals surface area contributed by atoms with Crippen LogP contribution in [0.4, 0.5) is 0 Å². The Morgan fingerprint density at radius 2 is 2.00 bits per heavy atom.